The summed E-state index contributed by atoms with van der Waals surface area (Å²) >= 11 is 5.31. The molecule has 1 unspecified atom stereocenters. The maximum atomic E-state index is 12.9. The fourth-order valence-corrected chi connectivity index (χ4v) is 2.05. The van der Waals surface area contributed by atoms with Gasteiger partial charge < -0.3 is 9.64 Å². The van der Waals surface area contributed by atoms with E-state index in [9.17, 15) is 18.0 Å². The summed E-state index contributed by atoms with van der Waals surface area (Å²) in [6.45, 7) is -0.715. The van der Waals surface area contributed by atoms with E-state index in [2.05, 4.69) is 4.74 Å². The SMILES string of the molecule is COCC1(C(F)(F)F)CCN(C(=O)CCl)C1. The highest BCUT2D eigenvalue weighted by molar-refractivity contribution is 6.27. The van der Waals surface area contributed by atoms with E-state index in [0.29, 0.717) is 0 Å². The Kier molecular flexibility index (Phi) is 4.07. The molecule has 1 rings (SSSR count). The van der Waals surface area contributed by atoms with Crippen LogP contribution >= 0.6 is 11.6 Å². The number of amides is 1. The lowest BCUT2D eigenvalue weighted by molar-refractivity contribution is -0.232. The van der Waals surface area contributed by atoms with Gasteiger partial charge in [0.05, 0.1) is 6.61 Å². The van der Waals surface area contributed by atoms with Gasteiger partial charge in [0.15, 0.2) is 0 Å². The summed E-state index contributed by atoms with van der Waals surface area (Å²) < 4.78 is 43.3. The summed E-state index contributed by atoms with van der Waals surface area (Å²) in [7, 11) is 1.22. The van der Waals surface area contributed by atoms with Crippen LogP contribution in [0.2, 0.25) is 0 Å². The van der Waals surface area contributed by atoms with Crippen molar-refractivity contribution in [2.75, 3.05) is 32.7 Å². The fourth-order valence-electron chi connectivity index (χ4n) is 1.88. The maximum absolute atomic E-state index is 12.9. The average molecular weight is 260 g/mol. The first kappa shape index (κ1) is 13.6. The van der Waals surface area contributed by atoms with Crippen LogP contribution in [0.3, 0.4) is 0 Å². The molecule has 3 nitrogen and oxygen atoms in total. The van der Waals surface area contributed by atoms with Gasteiger partial charge in [-0.25, -0.2) is 0 Å². The number of hydrogen-bond acceptors (Lipinski definition) is 2. The third-order valence-corrected chi connectivity index (χ3v) is 3.07. The number of carbonyl (C=O) groups is 1. The zero-order valence-electron chi connectivity index (χ0n) is 8.81. The van der Waals surface area contributed by atoms with E-state index in [1.165, 1.54) is 7.11 Å². The number of hydrogen-bond donors (Lipinski definition) is 0. The van der Waals surface area contributed by atoms with Crippen LogP contribution in [0.15, 0.2) is 0 Å². The molecule has 0 aromatic carbocycles. The van der Waals surface area contributed by atoms with Crippen LogP contribution < -0.4 is 0 Å². The maximum Gasteiger partial charge on any atom is 0.398 e. The molecule has 0 aliphatic carbocycles. The Labute approximate surface area is 96.5 Å². The highest BCUT2D eigenvalue weighted by atomic mass is 35.5. The molecule has 0 radical (unpaired) electrons. The van der Waals surface area contributed by atoms with Gasteiger partial charge >= 0.3 is 6.18 Å². The molecule has 0 spiro atoms. The standard InChI is InChI=1S/C9H13ClF3NO2/c1-16-6-8(9(11,12)13)2-3-14(5-8)7(15)4-10/h2-6H2,1H3. The number of halogens is 4. The molecule has 0 saturated carbocycles. The third kappa shape index (κ3) is 2.43. The molecule has 1 amide bonds. The Balaban J connectivity index is 2.80. The molecule has 1 atom stereocenters. The second-order valence-corrected chi connectivity index (χ2v) is 4.18. The van der Waals surface area contributed by atoms with E-state index in [1.54, 1.807) is 0 Å². The molecule has 7 heteroatoms. The Morgan fingerprint density at radius 3 is 2.62 bits per heavy atom. The van der Waals surface area contributed by atoms with E-state index in [4.69, 9.17) is 11.6 Å². The van der Waals surface area contributed by atoms with E-state index < -0.39 is 24.1 Å². The number of carbonyl (C=O) groups excluding carboxylic acids is 1. The van der Waals surface area contributed by atoms with Gasteiger partial charge in [-0.3, -0.25) is 4.79 Å². The van der Waals surface area contributed by atoms with Gasteiger partial charge in [-0.2, -0.15) is 13.2 Å². The molecule has 1 saturated heterocycles. The van der Waals surface area contributed by atoms with Gasteiger partial charge in [0.25, 0.3) is 0 Å². The quantitative estimate of drug-likeness (QED) is 0.722. The summed E-state index contributed by atoms with van der Waals surface area (Å²) in [6.07, 6.45) is -4.50. The Morgan fingerprint density at radius 2 is 2.19 bits per heavy atom. The molecule has 0 aromatic heterocycles. The highest BCUT2D eigenvalue weighted by Crippen LogP contribution is 2.45. The summed E-state index contributed by atoms with van der Waals surface area (Å²) in [5, 5.41) is 0. The number of nitrogens with zero attached hydrogens (tertiary/aromatic N) is 1. The minimum Gasteiger partial charge on any atom is -0.384 e. The molecule has 1 fully saturated rings. The number of likely N-dealkylation sites (tertiary alicyclic amines) is 1. The minimum absolute atomic E-state index is 0.0778. The van der Waals surface area contributed by atoms with Crippen molar-refractivity contribution in [2.45, 2.75) is 12.6 Å². The van der Waals surface area contributed by atoms with Crippen LogP contribution in [0, 0.1) is 5.41 Å². The van der Waals surface area contributed by atoms with Gasteiger partial charge in [-0.15, -0.1) is 11.6 Å². The lowest BCUT2D eigenvalue weighted by Crippen LogP contribution is -2.45. The van der Waals surface area contributed by atoms with Crippen LogP contribution in [0.4, 0.5) is 13.2 Å². The molecule has 1 aliphatic rings. The number of ether oxygens (including phenoxy) is 1. The lowest BCUT2D eigenvalue weighted by atomic mass is 9.87. The summed E-state index contributed by atoms with van der Waals surface area (Å²) in [6, 6.07) is 0. The van der Waals surface area contributed by atoms with Crippen molar-refractivity contribution in [2.24, 2.45) is 5.41 Å². The van der Waals surface area contributed by atoms with Gasteiger partial charge in [0.2, 0.25) is 5.91 Å². The predicted molar refractivity (Wildman–Crippen MR) is 52.3 cm³/mol. The van der Waals surface area contributed by atoms with Gasteiger partial charge in [-0.05, 0) is 6.42 Å². The molecular formula is C9H13ClF3NO2. The van der Waals surface area contributed by atoms with Crippen LogP contribution in [0.1, 0.15) is 6.42 Å². The van der Waals surface area contributed by atoms with Crippen molar-refractivity contribution in [3.8, 4) is 0 Å². The van der Waals surface area contributed by atoms with Crippen molar-refractivity contribution in [3.05, 3.63) is 0 Å². The Hall–Kier alpha value is -0.490. The molecule has 1 heterocycles. The second-order valence-electron chi connectivity index (χ2n) is 3.91. The Bertz CT molecular complexity index is 272. The van der Waals surface area contributed by atoms with Gasteiger partial charge in [0, 0.05) is 20.2 Å². The molecule has 1 aliphatic heterocycles. The molecule has 0 bridgehead atoms. The van der Waals surface area contributed by atoms with Gasteiger partial charge in [-0.1, -0.05) is 0 Å². The normalized spacial score (nSPS) is 26.2. The van der Waals surface area contributed by atoms with Crippen LogP contribution in [-0.2, 0) is 9.53 Å². The largest absolute Gasteiger partial charge is 0.398 e. The zero-order valence-corrected chi connectivity index (χ0v) is 9.57. The van der Waals surface area contributed by atoms with Gasteiger partial charge in [0.1, 0.15) is 11.3 Å². The van der Waals surface area contributed by atoms with Crippen molar-refractivity contribution in [1.29, 1.82) is 0 Å². The molecule has 16 heavy (non-hydrogen) atoms. The van der Waals surface area contributed by atoms with Crippen molar-refractivity contribution in [3.63, 3.8) is 0 Å². The summed E-state index contributed by atoms with van der Waals surface area (Å²) in [5.41, 5.74) is -1.94. The van der Waals surface area contributed by atoms with Crippen molar-refractivity contribution < 1.29 is 22.7 Å². The average Bonchev–Trinajstić information content (AvgIpc) is 2.62. The van der Waals surface area contributed by atoms with Crippen LogP contribution in [-0.4, -0.2) is 49.7 Å². The van der Waals surface area contributed by atoms with Crippen LogP contribution in [0.25, 0.3) is 0 Å². The van der Waals surface area contributed by atoms with E-state index >= 15 is 0 Å². The minimum atomic E-state index is -4.37. The zero-order chi connectivity index (χ0) is 12.4. The first-order valence-corrected chi connectivity index (χ1v) is 5.29. The van der Waals surface area contributed by atoms with Crippen LogP contribution in [0.5, 0.6) is 0 Å². The number of alkyl halides is 4. The molecular weight excluding hydrogens is 247 g/mol. The van der Waals surface area contributed by atoms with E-state index in [-0.39, 0.29) is 25.4 Å². The predicted octanol–water partition coefficient (Wildman–Crippen LogP) is 1.65. The highest BCUT2D eigenvalue weighted by Gasteiger charge is 2.58. The lowest BCUT2D eigenvalue weighted by Gasteiger charge is -2.30. The molecule has 0 N–H and O–H groups in total. The first-order chi connectivity index (χ1) is 7.36. The Morgan fingerprint density at radius 1 is 1.56 bits per heavy atom. The second kappa shape index (κ2) is 4.79. The smallest absolute Gasteiger partial charge is 0.384 e. The van der Waals surface area contributed by atoms with Crippen molar-refractivity contribution >= 4 is 17.5 Å². The number of rotatable bonds is 3. The topological polar surface area (TPSA) is 29.5 Å². The number of methoxy groups -OCH3 is 1. The first-order valence-electron chi connectivity index (χ1n) is 4.76. The fraction of sp³-hybridized carbons (Fsp3) is 0.889. The van der Waals surface area contributed by atoms with Crippen molar-refractivity contribution in [1.82, 2.24) is 4.90 Å². The molecule has 94 valence electrons. The summed E-state index contributed by atoms with van der Waals surface area (Å²) in [4.78, 5) is 12.4. The monoisotopic (exact) mass is 259 g/mol. The third-order valence-electron chi connectivity index (χ3n) is 2.84. The molecule has 0 aromatic rings. The van der Waals surface area contributed by atoms with E-state index in [1.807, 2.05) is 0 Å². The van der Waals surface area contributed by atoms with E-state index in [0.717, 1.165) is 4.90 Å². The summed E-state index contributed by atoms with van der Waals surface area (Å²) in [5.74, 6) is -0.759.